The molecule has 0 radical (unpaired) electrons. The number of carbonyl (C=O) groups excluding carboxylic acids is 2. The van der Waals surface area contributed by atoms with Crippen LogP contribution in [0.2, 0.25) is 0 Å². The van der Waals surface area contributed by atoms with Crippen molar-refractivity contribution in [2.45, 2.75) is 18.9 Å². The Hall–Kier alpha value is -2.86. The lowest BCUT2D eigenvalue weighted by atomic mass is 10.0. The predicted octanol–water partition coefficient (Wildman–Crippen LogP) is 2.84. The van der Waals surface area contributed by atoms with Gasteiger partial charge in [0.05, 0.1) is 13.2 Å². The van der Waals surface area contributed by atoms with Gasteiger partial charge in [0.25, 0.3) is 5.91 Å². The van der Waals surface area contributed by atoms with Gasteiger partial charge in [-0.1, -0.05) is 18.2 Å². The summed E-state index contributed by atoms with van der Waals surface area (Å²) in [5, 5.41) is 2.98. The van der Waals surface area contributed by atoms with Gasteiger partial charge < -0.3 is 14.8 Å². The number of amides is 1. The summed E-state index contributed by atoms with van der Waals surface area (Å²) in [5.74, 6) is 1.21. The lowest BCUT2D eigenvalue weighted by Gasteiger charge is -2.29. The van der Waals surface area contributed by atoms with E-state index in [4.69, 9.17) is 9.47 Å². The van der Waals surface area contributed by atoms with E-state index >= 15 is 0 Å². The maximum absolute atomic E-state index is 12.3. The van der Waals surface area contributed by atoms with Crippen molar-refractivity contribution < 1.29 is 19.1 Å². The van der Waals surface area contributed by atoms with Crippen molar-refractivity contribution in [2.24, 2.45) is 0 Å². The summed E-state index contributed by atoms with van der Waals surface area (Å²) in [6.45, 7) is 2.45. The van der Waals surface area contributed by atoms with Gasteiger partial charge >= 0.3 is 0 Å². The number of nitrogens with one attached hydrogen (secondary N) is 1. The molecule has 1 aliphatic rings. The van der Waals surface area contributed by atoms with Crippen LogP contribution in [0.1, 0.15) is 34.8 Å². The highest BCUT2D eigenvalue weighted by atomic mass is 16.5. The van der Waals surface area contributed by atoms with Crippen LogP contribution in [0.3, 0.4) is 0 Å². The zero-order chi connectivity index (χ0) is 19.8. The lowest BCUT2D eigenvalue weighted by Crippen LogP contribution is -2.38. The van der Waals surface area contributed by atoms with Gasteiger partial charge in [-0.05, 0) is 56.3 Å². The Morgan fingerprint density at radius 3 is 2.54 bits per heavy atom. The number of rotatable bonds is 9. The molecule has 2 aromatic carbocycles. The van der Waals surface area contributed by atoms with E-state index in [1.54, 1.807) is 31.4 Å². The summed E-state index contributed by atoms with van der Waals surface area (Å²) < 4.78 is 11.0. The number of methoxy groups -OCH3 is 1. The van der Waals surface area contributed by atoms with Crippen molar-refractivity contribution in [3.05, 3.63) is 59.7 Å². The van der Waals surface area contributed by atoms with Gasteiger partial charge in [-0.2, -0.15) is 0 Å². The highest BCUT2D eigenvalue weighted by Gasteiger charge is 2.26. The van der Waals surface area contributed by atoms with Gasteiger partial charge in [0.15, 0.2) is 6.61 Å². The molecule has 1 unspecified atom stereocenters. The molecule has 0 spiro atoms. The average Bonchev–Trinajstić information content (AvgIpc) is 3.27. The van der Waals surface area contributed by atoms with Crippen molar-refractivity contribution in [2.75, 3.05) is 33.4 Å². The fourth-order valence-electron chi connectivity index (χ4n) is 3.48. The molecule has 1 heterocycles. The highest BCUT2D eigenvalue weighted by Crippen LogP contribution is 2.31. The molecule has 3 rings (SSSR count). The smallest absolute Gasteiger partial charge is 0.258 e. The third-order valence-electron chi connectivity index (χ3n) is 4.96. The molecular formula is C22H26N2O4. The molecule has 2 aromatic rings. The first-order chi connectivity index (χ1) is 13.7. The normalized spacial score (nSPS) is 15.0. The van der Waals surface area contributed by atoms with Crippen LogP contribution in [0.15, 0.2) is 48.5 Å². The molecular weight excluding hydrogens is 356 g/mol. The molecule has 1 aliphatic heterocycles. The Morgan fingerprint density at radius 2 is 1.86 bits per heavy atom. The number of benzene rings is 2. The van der Waals surface area contributed by atoms with E-state index in [-0.39, 0.29) is 18.6 Å². The summed E-state index contributed by atoms with van der Waals surface area (Å²) in [6, 6.07) is 14.7. The van der Waals surface area contributed by atoms with E-state index in [1.165, 1.54) is 12.8 Å². The number of hydrogen-bond acceptors (Lipinski definition) is 5. The molecule has 1 amide bonds. The van der Waals surface area contributed by atoms with Crippen LogP contribution >= 0.6 is 0 Å². The first-order valence-corrected chi connectivity index (χ1v) is 9.53. The molecule has 1 saturated heterocycles. The number of aldehydes is 1. The van der Waals surface area contributed by atoms with Gasteiger partial charge in [0.1, 0.15) is 17.8 Å². The minimum absolute atomic E-state index is 0.0643. The van der Waals surface area contributed by atoms with Crippen LogP contribution < -0.4 is 14.8 Å². The van der Waals surface area contributed by atoms with Gasteiger partial charge in [0.2, 0.25) is 0 Å². The van der Waals surface area contributed by atoms with Crippen molar-refractivity contribution in [1.82, 2.24) is 10.2 Å². The molecule has 6 heteroatoms. The number of carbonyl (C=O) groups is 2. The molecule has 1 N–H and O–H groups in total. The quantitative estimate of drug-likeness (QED) is 0.676. The van der Waals surface area contributed by atoms with Crippen molar-refractivity contribution in [3.8, 4) is 11.5 Å². The van der Waals surface area contributed by atoms with Crippen molar-refractivity contribution in [3.63, 3.8) is 0 Å². The molecule has 0 saturated carbocycles. The third-order valence-corrected chi connectivity index (χ3v) is 4.96. The highest BCUT2D eigenvalue weighted by molar-refractivity contribution is 5.78. The molecule has 0 aliphatic carbocycles. The number of likely N-dealkylation sites (tertiary alicyclic amines) is 1. The van der Waals surface area contributed by atoms with Crippen LogP contribution in [-0.4, -0.2) is 50.4 Å². The van der Waals surface area contributed by atoms with Crippen LogP contribution in [0.25, 0.3) is 0 Å². The zero-order valence-electron chi connectivity index (χ0n) is 16.1. The summed E-state index contributed by atoms with van der Waals surface area (Å²) in [5.41, 5.74) is 1.65. The number of ether oxygens (including phenoxy) is 2. The van der Waals surface area contributed by atoms with Crippen LogP contribution in [-0.2, 0) is 4.79 Å². The van der Waals surface area contributed by atoms with Gasteiger partial charge in [-0.3, -0.25) is 14.5 Å². The minimum Gasteiger partial charge on any atom is -0.496 e. The summed E-state index contributed by atoms with van der Waals surface area (Å²) in [7, 11) is 1.67. The number of para-hydroxylation sites is 1. The largest absolute Gasteiger partial charge is 0.496 e. The van der Waals surface area contributed by atoms with E-state index < -0.39 is 0 Å². The molecule has 6 nitrogen and oxygen atoms in total. The second-order valence-electron chi connectivity index (χ2n) is 6.78. The van der Waals surface area contributed by atoms with Gasteiger partial charge in [0, 0.05) is 17.7 Å². The lowest BCUT2D eigenvalue weighted by molar-refractivity contribution is -0.123. The SMILES string of the molecule is COc1ccccc1C(CNC(=O)COc1ccc(C=O)cc1)N1CCCC1. The molecule has 28 heavy (non-hydrogen) atoms. The molecule has 0 bridgehead atoms. The Kier molecular flexibility index (Phi) is 7.03. The van der Waals surface area contributed by atoms with Crippen molar-refractivity contribution >= 4 is 12.2 Å². The Bertz CT molecular complexity index is 785. The zero-order valence-corrected chi connectivity index (χ0v) is 16.1. The minimum atomic E-state index is -0.182. The summed E-state index contributed by atoms with van der Waals surface area (Å²) in [4.78, 5) is 25.4. The van der Waals surface area contributed by atoms with Crippen LogP contribution in [0.4, 0.5) is 0 Å². The van der Waals surface area contributed by atoms with Gasteiger partial charge in [-0.25, -0.2) is 0 Å². The molecule has 1 fully saturated rings. The molecule has 148 valence electrons. The Labute approximate surface area is 165 Å². The molecule has 0 aromatic heterocycles. The third kappa shape index (κ3) is 5.10. The van der Waals surface area contributed by atoms with E-state index in [0.29, 0.717) is 17.9 Å². The van der Waals surface area contributed by atoms with Crippen molar-refractivity contribution in [1.29, 1.82) is 0 Å². The molecule has 1 atom stereocenters. The second-order valence-corrected chi connectivity index (χ2v) is 6.78. The first-order valence-electron chi connectivity index (χ1n) is 9.53. The second kappa shape index (κ2) is 9.90. The van der Waals surface area contributed by atoms with Crippen LogP contribution in [0.5, 0.6) is 11.5 Å². The standard InChI is InChI=1S/C22H26N2O4/c1-27-21-7-3-2-6-19(21)20(24-12-4-5-13-24)14-23-22(26)16-28-18-10-8-17(15-25)9-11-18/h2-3,6-11,15,20H,4-5,12-14,16H2,1H3,(H,23,26). The average molecular weight is 382 g/mol. The summed E-state index contributed by atoms with van der Waals surface area (Å²) >= 11 is 0. The number of hydrogen-bond donors (Lipinski definition) is 1. The van der Waals surface area contributed by atoms with Crippen LogP contribution in [0, 0.1) is 0 Å². The van der Waals surface area contributed by atoms with E-state index in [9.17, 15) is 9.59 Å². The topological polar surface area (TPSA) is 67.9 Å². The monoisotopic (exact) mass is 382 g/mol. The van der Waals surface area contributed by atoms with E-state index in [2.05, 4.69) is 16.3 Å². The summed E-state index contributed by atoms with van der Waals surface area (Å²) in [6.07, 6.45) is 3.10. The fraction of sp³-hybridized carbons (Fsp3) is 0.364. The predicted molar refractivity (Wildman–Crippen MR) is 107 cm³/mol. The maximum atomic E-state index is 12.3. The first kappa shape index (κ1) is 19.9. The van der Waals surface area contributed by atoms with E-state index in [1.807, 2.05) is 18.2 Å². The fourth-order valence-corrected chi connectivity index (χ4v) is 3.48. The maximum Gasteiger partial charge on any atom is 0.258 e. The Morgan fingerprint density at radius 1 is 1.14 bits per heavy atom. The Balaban J connectivity index is 1.59. The number of nitrogens with zero attached hydrogens (tertiary/aromatic N) is 1. The van der Waals surface area contributed by atoms with Gasteiger partial charge in [-0.15, -0.1) is 0 Å². The van der Waals surface area contributed by atoms with E-state index in [0.717, 1.165) is 30.7 Å².